The van der Waals surface area contributed by atoms with E-state index in [4.69, 9.17) is 4.74 Å². The molecule has 1 unspecified atom stereocenters. The molecule has 2 fully saturated rings. The first-order chi connectivity index (χ1) is 8.69. The van der Waals surface area contributed by atoms with E-state index in [1.54, 1.807) is 4.90 Å². The lowest BCUT2D eigenvalue weighted by molar-refractivity contribution is -0.136. The predicted octanol–water partition coefficient (Wildman–Crippen LogP) is 1.86. The van der Waals surface area contributed by atoms with Crippen LogP contribution in [0.25, 0.3) is 0 Å². The first-order valence-corrected chi connectivity index (χ1v) is 6.99. The second-order valence-electron chi connectivity index (χ2n) is 6.82. The van der Waals surface area contributed by atoms with E-state index < -0.39 is 5.60 Å². The van der Waals surface area contributed by atoms with Crippen LogP contribution < -0.4 is 0 Å². The largest absolute Gasteiger partial charge is 0.444 e. The SMILES string of the molecule is CC(C)C(=O)N1C[C@@H]2CC1CN2C(=O)OC(C)(C)C. The maximum Gasteiger partial charge on any atom is 0.410 e. The summed E-state index contributed by atoms with van der Waals surface area (Å²) >= 11 is 0. The van der Waals surface area contributed by atoms with Gasteiger partial charge in [-0.25, -0.2) is 4.79 Å². The second-order valence-corrected chi connectivity index (χ2v) is 6.82. The van der Waals surface area contributed by atoms with Crippen LogP contribution in [0.1, 0.15) is 41.0 Å². The molecule has 2 atom stereocenters. The molecular formula is C14H24N2O3. The predicted molar refractivity (Wildman–Crippen MR) is 71.7 cm³/mol. The molecule has 0 aromatic heterocycles. The highest BCUT2D eigenvalue weighted by molar-refractivity contribution is 5.79. The number of piperazine rings is 1. The summed E-state index contributed by atoms with van der Waals surface area (Å²) in [6.45, 7) is 10.7. The molecule has 0 saturated carbocycles. The third kappa shape index (κ3) is 2.85. The Bertz CT molecular complexity index is 387. The molecule has 0 spiro atoms. The molecule has 2 amide bonds. The number of hydrogen-bond donors (Lipinski definition) is 0. The van der Waals surface area contributed by atoms with Gasteiger partial charge in [0.2, 0.25) is 5.91 Å². The normalized spacial score (nSPS) is 26.2. The quantitative estimate of drug-likeness (QED) is 0.729. The van der Waals surface area contributed by atoms with Gasteiger partial charge >= 0.3 is 6.09 Å². The molecule has 0 aromatic rings. The molecule has 2 bridgehead atoms. The summed E-state index contributed by atoms with van der Waals surface area (Å²) in [6, 6.07) is 0.301. The molecule has 2 aliphatic rings. The number of amides is 2. The smallest absolute Gasteiger partial charge is 0.410 e. The van der Waals surface area contributed by atoms with Gasteiger partial charge in [-0.15, -0.1) is 0 Å². The average Bonchev–Trinajstić information content (AvgIpc) is 2.84. The van der Waals surface area contributed by atoms with Crippen LogP contribution in [0.5, 0.6) is 0 Å². The maximum atomic E-state index is 12.1. The number of likely N-dealkylation sites (tertiary alicyclic amines) is 2. The van der Waals surface area contributed by atoms with Crippen molar-refractivity contribution >= 4 is 12.0 Å². The molecule has 2 heterocycles. The lowest BCUT2D eigenvalue weighted by atomic mass is 10.1. The summed E-state index contributed by atoms with van der Waals surface area (Å²) in [4.78, 5) is 27.8. The standard InChI is InChI=1S/C14H24N2O3/c1-9(2)12(17)15-7-11-6-10(15)8-16(11)13(18)19-14(3,4)5/h9-11H,6-8H2,1-5H3/t10?,11-/m0/s1. The summed E-state index contributed by atoms with van der Waals surface area (Å²) in [6.07, 6.45) is 0.634. The van der Waals surface area contributed by atoms with E-state index in [1.165, 1.54) is 0 Å². The van der Waals surface area contributed by atoms with Gasteiger partial charge in [0.1, 0.15) is 5.60 Å². The molecule has 0 aromatic carbocycles. The van der Waals surface area contributed by atoms with Crippen molar-refractivity contribution in [2.75, 3.05) is 13.1 Å². The average molecular weight is 268 g/mol. The van der Waals surface area contributed by atoms with Crippen molar-refractivity contribution in [2.24, 2.45) is 5.92 Å². The Morgan fingerprint density at radius 1 is 1.11 bits per heavy atom. The summed E-state index contributed by atoms with van der Waals surface area (Å²) in [5, 5.41) is 0. The van der Waals surface area contributed by atoms with Crippen LogP contribution in [0.3, 0.4) is 0 Å². The third-order valence-electron chi connectivity index (χ3n) is 3.65. The Kier molecular flexibility index (Phi) is 3.49. The molecule has 0 aliphatic carbocycles. The molecule has 5 nitrogen and oxygen atoms in total. The van der Waals surface area contributed by atoms with Crippen molar-refractivity contribution in [1.29, 1.82) is 0 Å². The Morgan fingerprint density at radius 3 is 2.05 bits per heavy atom. The highest BCUT2D eigenvalue weighted by atomic mass is 16.6. The van der Waals surface area contributed by atoms with E-state index in [0.29, 0.717) is 13.1 Å². The first kappa shape index (κ1) is 14.2. The van der Waals surface area contributed by atoms with Gasteiger partial charge in [0.25, 0.3) is 0 Å². The fourth-order valence-corrected chi connectivity index (χ4v) is 2.81. The summed E-state index contributed by atoms with van der Waals surface area (Å²) in [5.74, 6) is 0.214. The number of hydrogen-bond acceptors (Lipinski definition) is 3. The van der Waals surface area contributed by atoms with Crippen LogP contribution in [0.4, 0.5) is 4.79 Å². The molecule has 2 saturated heterocycles. The minimum atomic E-state index is -0.466. The van der Waals surface area contributed by atoms with Gasteiger partial charge in [0, 0.05) is 19.0 Å². The summed E-state index contributed by atoms with van der Waals surface area (Å²) in [5.41, 5.74) is -0.466. The maximum absolute atomic E-state index is 12.1. The summed E-state index contributed by atoms with van der Waals surface area (Å²) < 4.78 is 5.40. The molecule has 0 radical (unpaired) electrons. The topological polar surface area (TPSA) is 49.9 Å². The number of nitrogens with zero attached hydrogens (tertiary/aromatic N) is 2. The molecule has 108 valence electrons. The van der Waals surface area contributed by atoms with Crippen molar-refractivity contribution in [2.45, 2.75) is 58.7 Å². The van der Waals surface area contributed by atoms with E-state index in [2.05, 4.69) is 0 Å². The summed E-state index contributed by atoms with van der Waals surface area (Å²) in [7, 11) is 0. The number of carbonyl (C=O) groups excluding carboxylic acids is 2. The fraction of sp³-hybridized carbons (Fsp3) is 0.857. The molecule has 0 N–H and O–H groups in total. The lowest BCUT2D eigenvalue weighted by Crippen LogP contribution is -2.52. The van der Waals surface area contributed by atoms with Gasteiger partial charge in [-0.05, 0) is 27.2 Å². The Labute approximate surface area is 114 Å². The Balaban J connectivity index is 1.96. The highest BCUT2D eigenvalue weighted by Gasteiger charge is 2.48. The highest BCUT2D eigenvalue weighted by Crippen LogP contribution is 2.32. The van der Waals surface area contributed by atoms with E-state index >= 15 is 0 Å². The molecule has 5 heteroatoms. The van der Waals surface area contributed by atoms with Crippen LogP contribution in [-0.4, -0.2) is 52.6 Å². The monoisotopic (exact) mass is 268 g/mol. The third-order valence-corrected chi connectivity index (χ3v) is 3.65. The minimum Gasteiger partial charge on any atom is -0.444 e. The molecular weight excluding hydrogens is 244 g/mol. The number of rotatable bonds is 1. The fourth-order valence-electron chi connectivity index (χ4n) is 2.81. The van der Waals surface area contributed by atoms with Crippen LogP contribution in [0.2, 0.25) is 0 Å². The van der Waals surface area contributed by atoms with Crippen molar-refractivity contribution in [3.05, 3.63) is 0 Å². The van der Waals surface area contributed by atoms with Crippen LogP contribution in [0, 0.1) is 5.92 Å². The van der Waals surface area contributed by atoms with Crippen LogP contribution in [0.15, 0.2) is 0 Å². The second kappa shape index (κ2) is 4.69. The van der Waals surface area contributed by atoms with Crippen LogP contribution >= 0.6 is 0 Å². The zero-order chi connectivity index (χ0) is 14.4. The van der Waals surface area contributed by atoms with Gasteiger partial charge < -0.3 is 14.5 Å². The van der Waals surface area contributed by atoms with Crippen molar-refractivity contribution in [3.63, 3.8) is 0 Å². The van der Waals surface area contributed by atoms with Crippen LogP contribution in [-0.2, 0) is 9.53 Å². The lowest BCUT2D eigenvalue weighted by Gasteiger charge is -2.35. The Hall–Kier alpha value is -1.26. The number of fused-ring (bicyclic) bond motifs is 2. The van der Waals surface area contributed by atoms with Crippen molar-refractivity contribution in [3.8, 4) is 0 Å². The van der Waals surface area contributed by atoms with E-state index in [-0.39, 0.29) is 30.0 Å². The van der Waals surface area contributed by atoms with Crippen molar-refractivity contribution in [1.82, 2.24) is 9.80 Å². The molecule has 2 rings (SSSR count). The van der Waals surface area contributed by atoms with Gasteiger partial charge in [-0.2, -0.15) is 0 Å². The van der Waals surface area contributed by atoms with Gasteiger partial charge in [-0.1, -0.05) is 13.8 Å². The van der Waals surface area contributed by atoms with Gasteiger partial charge in [0.15, 0.2) is 0 Å². The van der Waals surface area contributed by atoms with E-state index in [0.717, 1.165) is 6.42 Å². The van der Waals surface area contributed by atoms with Gasteiger partial charge in [0.05, 0.1) is 12.1 Å². The molecule has 19 heavy (non-hydrogen) atoms. The number of carbonyl (C=O) groups is 2. The number of ether oxygens (including phenoxy) is 1. The van der Waals surface area contributed by atoms with Crippen molar-refractivity contribution < 1.29 is 14.3 Å². The molecule has 2 aliphatic heterocycles. The van der Waals surface area contributed by atoms with Gasteiger partial charge in [-0.3, -0.25) is 4.79 Å². The van der Waals surface area contributed by atoms with E-state index in [1.807, 2.05) is 39.5 Å². The van der Waals surface area contributed by atoms with E-state index in [9.17, 15) is 9.59 Å². The Morgan fingerprint density at radius 2 is 1.63 bits per heavy atom. The zero-order valence-corrected chi connectivity index (χ0v) is 12.5. The zero-order valence-electron chi connectivity index (χ0n) is 12.5. The minimum absolute atomic E-state index is 0.0225. The first-order valence-electron chi connectivity index (χ1n) is 6.99.